The van der Waals surface area contributed by atoms with E-state index in [4.69, 9.17) is 9.97 Å². The number of aromatic nitrogens is 2. The van der Waals surface area contributed by atoms with Crippen LogP contribution >= 0.6 is 0 Å². The largest absolute Gasteiger partial charge is 0.248 e. The maximum Gasteiger partial charge on any atom is 0.0725 e. The summed E-state index contributed by atoms with van der Waals surface area (Å²) >= 11 is 0. The second-order valence-corrected chi connectivity index (χ2v) is 19.2. The number of rotatable bonds is 8. The van der Waals surface area contributed by atoms with E-state index in [9.17, 15) is 0 Å². The van der Waals surface area contributed by atoms with Crippen LogP contribution in [0.25, 0.3) is 112 Å². The van der Waals surface area contributed by atoms with E-state index in [0.717, 1.165) is 67.3 Å². The lowest BCUT2D eigenvalue weighted by molar-refractivity contribution is 0.794. The van der Waals surface area contributed by atoms with E-state index in [1.54, 1.807) is 0 Å². The van der Waals surface area contributed by atoms with Crippen molar-refractivity contribution in [3.63, 3.8) is 0 Å². The summed E-state index contributed by atoms with van der Waals surface area (Å²) in [6, 6.07) is 101. The standard InChI is InChI=1S/C71H46N2/c1-5-19-47(20-6-1)57-43-67(48-21-7-2-8-22-48)73-70(44-57)56-30-18-28-52(40-56)55-36-38-62-61-37-35-54(41-65(61)71(66(62)42-55)63-33-15-13-31-59(63)60-32-14-16-34-64(60)71)51-27-17-29-53(39-51)58-45-68(49-23-9-3-10-24-49)72-69(46-58)50-25-11-4-12-26-50/h1-46H. The molecule has 0 saturated heterocycles. The molecule has 12 aromatic rings. The molecule has 1 spiro atoms. The monoisotopic (exact) mass is 926 g/mol. The molecule has 0 saturated carbocycles. The highest BCUT2D eigenvalue weighted by Gasteiger charge is 2.51. The topological polar surface area (TPSA) is 25.8 Å². The highest BCUT2D eigenvalue weighted by molar-refractivity contribution is 5.97. The van der Waals surface area contributed by atoms with Crippen molar-refractivity contribution in [1.29, 1.82) is 0 Å². The molecule has 2 nitrogen and oxygen atoms in total. The van der Waals surface area contributed by atoms with Gasteiger partial charge in [0, 0.05) is 22.3 Å². The van der Waals surface area contributed by atoms with Gasteiger partial charge >= 0.3 is 0 Å². The van der Waals surface area contributed by atoms with Crippen LogP contribution in [0.5, 0.6) is 0 Å². The molecule has 73 heavy (non-hydrogen) atoms. The van der Waals surface area contributed by atoms with E-state index in [0.29, 0.717) is 0 Å². The van der Waals surface area contributed by atoms with Gasteiger partial charge in [0.15, 0.2) is 0 Å². The molecular weight excluding hydrogens is 881 g/mol. The summed E-state index contributed by atoms with van der Waals surface area (Å²) in [5.41, 5.74) is 27.3. The van der Waals surface area contributed by atoms with Gasteiger partial charge in [-0.15, -0.1) is 0 Å². The zero-order valence-electron chi connectivity index (χ0n) is 40.0. The SMILES string of the molecule is c1ccc(-c2cc(-c3ccccc3)nc(-c3cccc(-c4ccc5c(c4)C4(c6ccccc6-c6ccccc64)c4cc(-c6cccc(-c7cc(-c8ccccc8)nc(-c8ccccc8)c7)c6)ccc4-5)c3)c2)cc1. The van der Waals surface area contributed by atoms with E-state index < -0.39 is 5.41 Å². The Morgan fingerprint density at radius 2 is 0.479 bits per heavy atom. The molecule has 0 amide bonds. The highest BCUT2D eigenvalue weighted by Crippen LogP contribution is 2.63. The molecule has 0 radical (unpaired) electrons. The summed E-state index contributed by atoms with van der Waals surface area (Å²) in [6.45, 7) is 0. The first-order chi connectivity index (χ1) is 36.2. The lowest BCUT2D eigenvalue weighted by Gasteiger charge is -2.31. The summed E-state index contributed by atoms with van der Waals surface area (Å²) in [6.07, 6.45) is 0. The summed E-state index contributed by atoms with van der Waals surface area (Å²) in [5, 5.41) is 0. The Labute approximate surface area is 426 Å². The molecule has 2 aliphatic rings. The maximum absolute atomic E-state index is 5.31. The molecule has 10 aromatic carbocycles. The molecule has 14 rings (SSSR count). The van der Waals surface area contributed by atoms with Crippen molar-refractivity contribution in [2.45, 2.75) is 5.41 Å². The Balaban J connectivity index is 0.906. The Kier molecular flexibility index (Phi) is 10.1. The van der Waals surface area contributed by atoms with Crippen LogP contribution in [0, 0.1) is 0 Å². The number of nitrogens with zero attached hydrogens (tertiary/aromatic N) is 2. The number of fused-ring (bicyclic) bond motifs is 10. The van der Waals surface area contributed by atoms with E-state index in [2.05, 4.69) is 279 Å². The van der Waals surface area contributed by atoms with Gasteiger partial charge in [-0.25, -0.2) is 9.97 Å². The number of pyridine rings is 2. The minimum absolute atomic E-state index is 0.532. The predicted molar refractivity (Wildman–Crippen MR) is 302 cm³/mol. The van der Waals surface area contributed by atoms with Gasteiger partial charge in [0.05, 0.1) is 28.2 Å². The second kappa shape index (κ2) is 17.4. The molecular formula is C71H46N2. The number of hydrogen-bond acceptors (Lipinski definition) is 2. The molecule has 340 valence electrons. The van der Waals surface area contributed by atoms with E-state index in [-0.39, 0.29) is 0 Å². The summed E-state index contributed by atoms with van der Waals surface area (Å²) in [5.74, 6) is 0. The van der Waals surface area contributed by atoms with Gasteiger partial charge in [-0.05, 0) is 138 Å². The minimum Gasteiger partial charge on any atom is -0.248 e. The summed E-state index contributed by atoms with van der Waals surface area (Å²) in [4.78, 5) is 10.5. The van der Waals surface area contributed by atoms with Crippen LogP contribution in [0.15, 0.2) is 279 Å². The third-order valence-corrected chi connectivity index (χ3v) is 15.1. The van der Waals surface area contributed by atoms with Crippen LogP contribution in [0.3, 0.4) is 0 Å². The van der Waals surface area contributed by atoms with E-state index in [1.807, 2.05) is 0 Å². The third kappa shape index (κ3) is 7.18. The van der Waals surface area contributed by atoms with Gasteiger partial charge in [0.2, 0.25) is 0 Å². The van der Waals surface area contributed by atoms with Crippen LogP contribution in [-0.2, 0) is 5.41 Å². The van der Waals surface area contributed by atoms with Crippen LogP contribution in [0.1, 0.15) is 22.3 Å². The van der Waals surface area contributed by atoms with Crippen LogP contribution in [0.4, 0.5) is 0 Å². The van der Waals surface area contributed by atoms with Gasteiger partial charge in [-0.3, -0.25) is 0 Å². The fourth-order valence-corrected chi connectivity index (χ4v) is 11.7. The fourth-order valence-electron chi connectivity index (χ4n) is 11.7. The van der Waals surface area contributed by atoms with Crippen LogP contribution < -0.4 is 0 Å². The second-order valence-electron chi connectivity index (χ2n) is 19.2. The molecule has 2 heterocycles. The van der Waals surface area contributed by atoms with Crippen molar-refractivity contribution in [3.05, 3.63) is 301 Å². The van der Waals surface area contributed by atoms with E-state index >= 15 is 0 Å². The summed E-state index contributed by atoms with van der Waals surface area (Å²) in [7, 11) is 0. The Hall–Kier alpha value is -9.50. The Morgan fingerprint density at radius 3 is 0.932 bits per heavy atom. The summed E-state index contributed by atoms with van der Waals surface area (Å²) < 4.78 is 0. The van der Waals surface area contributed by atoms with E-state index in [1.165, 1.54) is 66.8 Å². The average Bonchev–Trinajstić information content (AvgIpc) is 3.96. The van der Waals surface area contributed by atoms with Crippen molar-refractivity contribution in [1.82, 2.24) is 9.97 Å². The van der Waals surface area contributed by atoms with Gasteiger partial charge in [0.25, 0.3) is 0 Å². The molecule has 0 bridgehead atoms. The van der Waals surface area contributed by atoms with Gasteiger partial charge in [0.1, 0.15) is 0 Å². The molecule has 2 aliphatic carbocycles. The molecule has 0 aliphatic heterocycles. The smallest absolute Gasteiger partial charge is 0.0725 e. The molecule has 0 unspecified atom stereocenters. The van der Waals surface area contributed by atoms with Crippen molar-refractivity contribution in [2.75, 3.05) is 0 Å². The normalized spacial score (nSPS) is 12.5. The van der Waals surface area contributed by atoms with Crippen LogP contribution in [-0.4, -0.2) is 9.97 Å². The third-order valence-electron chi connectivity index (χ3n) is 15.1. The zero-order chi connectivity index (χ0) is 48.3. The Bertz CT molecular complexity index is 3680. The molecule has 2 aromatic heterocycles. The van der Waals surface area contributed by atoms with Crippen molar-refractivity contribution >= 4 is 0 Å². The minimum atomic E-state index is -0.532. The van der Waals surface area contributed by atoms with Crippen LogP contribution in [0.2, 0.25) is 0 Å². The quantitative estimate of drug-likeness (QED) is 0.152. The molecule has 0 fully saturated rings. The molecule has 0 N–H and O–H groups in total. The van der Waals surface area contributed by atoms with Crippen molar-refractivity contribution in [3.8, 4) is 112 Å². The maximum atomic E-state index is 5.31. The highest BCUT2D eigenvalue weighted by atomic mass is 14.7. The van der Waals surface area contributed by atoms with Gasteiger partial charge in [-0.2, -0.15) is 0 Å². The predicted octanol–water partition coefficient (Wildman–Crippen LogP) is 18.2. The zero-order valence-corrected chi connectivity index (χ0v) is 40.0. The number of hydrogen-bond donors (Lipinski definition) is 0. The van der Waals surface area contributed by atoms with Gasteiger partial charge in [-0.1, -0.05) is 231 Å². The molecule has 2 heteroatoms. The Morgan fingerprint density at radius 1 is 0.178 bits per heavy atom. The lowest BCUT2D eigenvalue weighted by Crippen LogP contribution is -2.26. The first-order valence-electron chi connectivity index (χ1n) is 25.1. The average molecular weight is 927 g/mol. The van der Waals surface area contributed by atoms with Crippen molar-refractivity contribution < 1.29 is 0 Å². The number of benzene rings is 10. The fraction of sp³-hybridized carbons (Fsp3) is 0.0141. The first-order valence-corrected chi connectivity index (χ1v) is 25.1. The lowest BCUT2D eigenvalue weighted by atomic mass is 9.70. The molecule has 0 atom stereocenters. The van der Waals surface area contributed by atoms with Gasteiger partial charge < -0.3 is 0 Å². The first kappa shape index (κ1) is 42.4. The van der Waals surface area contributed by atoms with Crippen molar-refractivity contribution in [2.24, 2.45) is 0 Å².